The van der Waals surface area contributed by atoms with Gasteiger partial charge in [-0.15, -0.1) is 0 Å². The Hall–Kier alpha value is -2.33. The summed E-state index contributed by atoms with van der Waals surface area (Å²) in [6.07, 6.45) is -0.0104. The monoisotopic (exact) mass is 283 g/mol. The number of carbonyl (C=O) groups is 1. The molecule has 0 aromatic heterocycles. The van der Waals surface area contributed by atoms with E-state index in [1.54, 1.807) is 12.1 Å². The normalized spacial score (nSPS) is 19.9. The lowest BCUT2D eigenvalue weighted by Gasteiger charge is -2.18. The van der Waals surface area contributed by atoms with Crippen LogP contribution in [-0.2, 0) is 11.2 Å². The van der Waals surface area contributed by atoms with Crippen LogP contribution in [0.25, 0.3) is 0 Å². The second kappa shape index (κ2) is 5.97. The molecule has 4 nitrogen and oxygen atoms in total. The number of hydrogen-bond acceptors (Lipinski definition) is 3. The fourth-order valence-electron chi connectivity index (χ4n) is 2.63. The number of amides is 1. The van der Waals surface area contributed by atoms with E-state index < -0.39 is 6.10 Å². The van der Waals surface area contributed by atoms with Crippen LogP contribution >= 0.6 is 0 Å². The maximum absolute atomic E-state index is 12.0. The number of fused-ring (bicyclic) bond motifs is 1. The number of benzene rings is 2. The largest absolute Gasteiger partial charge is 0.484 e. The summed E-state index contributed by atoms with van der Waals surface area (Å²) in [7, 11) is 0. The van der Waals surface area contributed by atoms with Crippen molar-refractivity contribution in [3.63, 3.8) is 0 Å². The second-order valence-corrected chi connectivity index (χ2v) is 5.12. The van der Waals surface area contributed by atoms with E-state index in [0.29, 0.717) is 12.2 Å². The van der Waals surface area contributed by atoms with Gasteiger partial charge in [-0.2, -0.15) is 0 Å². The molecule has 0 fully saturated rings. The molecule has 0 heterocycles. The Kier molecular flexibility index (Phi) is 3.88. The van der Waals surface area contributed by atoms with Crippen molar-refractivity contribution in [2.75, 3.05) is 6.61 Å². The molecule has 108 valence electrons. The van der Waals surface area contributed by atoms with Gasteiger partial charge in [0.05, 0.1) is 12.1 Å². The van der Waals surface area contributed by atoms with Crippen LogP contribution in [0.1, 0.15) is 17.2 Å². The molecular weight excluding hydrogens is 266 g/mol. The van der Waals surface area contributed by atoms with Gasteiger partial charge in [0, 0.05) is 6.42 Å². The number of ether oxygens (including phenoxy) is 1. The Balaban J connectivity index is 1.60. The molecule has 21 heavy (non-hydrogen) atoms. The molecule has 1 aliphatic carbocycles. The van der Waals surface area contributed by atoms with Crippen molar-refractivity contribution >= 4 is 5.91 Å². The van der Waals surface area contributed by atoms with E-state index in [9.17, 15) is 9.90 Å². The van der Waals surface area contributed by atoms with Gasteiger partial charge in [-0.1, -0.05) is 42.5 Å². The van der Waals surface area contributed by atoms with Crippen molar-refractivity contribution in [3.8, 4) is 5.75 Å². The summed E-state index contributed by atoms with van der Waals surface area (Å²) in [6, 6.07) is 16.6. The summed E-state index contributed by atoms with van der Waals surface area (Å²) in [5, 5.41) is 12.9. The molecule has 2 N–H and O–H groups in total. The lowest BCUT2D eigenvalue weighted by molar-refractivity contribution is -0.124. The van der Waals surface area contributed by atoms with Gasteiger partial charge in [0.2, 0.25) is 0 Å². The fourth-order valence-corrected chi connectivity index (χ4v) is 2.63. The minimum absolute atomic E-state index is 0.0601. The Labute approximate surface area is 123 Å². The minimum Gasteiger partial charge on any atom is -0.484 e. The number of para-hydroxylation sites is 1. The van der Waals surface area contributed by atoms with Crippen molar-refractivity contribution < 1.29 is 14.6 Å². The Morgan fingerprint density at radius 2 is 1.86 bits per heavy atom. The highest BCUT2D eigenvalue weighted by atomic mass is 16.5. The molecule has 4 heteroatoms. The number of rotatable bonds is 4. The molecule has 2 atom stereocenters. The summed E-state index contributed by atoms with van der Waals surface area (Å²) in [5.41, 5.74) is 2.07. The number of aliphatic hydroxyl groups is 1. The Morgan fingerprint density at radius 3 is 2.67 bits per heavy atom. The van der Waals surface area contributed by atoms with Gasteiger partial charge in [-0.05, 0) is 23.3 Å². The lowest BCUT2D eigenvalue weighted by atomic mass is 10.1. The van der Waals surface area contributed by atoms with Gasteiger partial charge in [-0.25, -0.2) is 0 Å². The highest BCUT2D eigenvalue weighted by Crippen LogP contribution is 2.31. The number of aliphatic hydroxyl groups excluding tert-OH is 1. The first-order valence-corrected chi connectivity index (χ1v) is 6.97. The van der Waals surface area contributed by atoms with Gasteiger partial charge in [0.25, 0.3) is 5.91 Å². The van der Waals surface area contributed by atoms with Crippen molar-refractivity contribution in [2.24, 2.45) is 0 Å². The predicted molar refractivity (Wildman–Crippen MR) is 79.0 cm³/mol. The van der Waals surface area contributed by atoms with Crippen LogP contribution in [0.15, 0.2) is 54.6 Å². The minimum atomic E-state index is -0.580. The zero-order valence-corrected chi connectivity index (χ0v) is 11.5. The molecule has 0 radical (unpaired) electrons. The van der Waals surface area contributed by atoms with E-state index in [0.717, 1.165) is 11.1 Å². The Bertz CT molecular complexity index is 627. The molecule has 2 aromatic carbocycles. The molecule has 0 saturated carbocycles. The standard InChI is InChI=1S/C17H17NO3/c19-15-10-12-6-4-5-9-14(12)17(15)18-16(20)11-21-13-7-2-1-3-8-13/h1-9,15,17,19H,10-11H2,(H,18,20)/t15-,17+/m0/s1. The third-order valence-corrected chi connectivity index (χ3v) is 3.63. The van der Waals surface area contributed by atoms with E-state index in [2.05, 4.69) is 5.32 Å². The average Bonchev–Trinajstić information content (AvgIpc) is 2.82. The van der Waals surface area contributed by atoms with Crippen LogP contribution in [0.4, 0.5) is 0 Å². The van der Waals surface area contributed by atoms with Crippen LogP contribution < -0.4 is 10.1 Å². The van der Waals surface area contributed by atoms with E-state index in [1.807, 2.05) is 42.5 Å². The van der Waals surface area contributed by atoms with Crippen LogP contribution in [0.2, 0.25) is 0 Å². The molecule has 1 aliphatic rings. The highest BCUT2D eigenvalue weighted by Gasteiger charge is 2.31. The lowest BCUT2D eigenvalue weighted by Crippen LogP contribution is -2.36. The van der Waals surface area contributed by atoms with Crippen molar-refractivity contribution in [1.82, 2.24) is 5.32 Å². The van der Waals surface area contributed by atoms with E-state index in [1.165, 1.54) is 0 Å². The molecule has 0 saturated heterocycles. The maximum Gasteiger partial charge on any atom is 0.258 e. The predicted octanol–water partition coefficient (Wildman–Crippen LogP) is 1.84. The van der Waals surface area contributed by atoms with Gasteiger partial charge in [0.1, 0.15) is 5.75 Å². The van der Waals surface area contributed by atoms with Gasteiger partial charge in [0.15, 0.2) is 6.61 Å². The molecule has 2 aromatic rings. The summed E-state index contributed by atoms with van der Waals surface area (Å²) in [4.78, 5) is 12.0. The quantitative estimate of drug-likeness (QED) is 0.900. The summed E-state index contributed by atoms with van der Waals surface area (Å²) in [6.45, 7) is -0.0601. The average molecular weight is 283 g/mol. The van der Waals surface area contributed by atoms with Crippen LogP contribution in [0, 0.1) is 0 Å². The third-order valence-electron chi connectivity index (χ3n) is 3.63. The third kappa shape index (κ3) is 3.06. The van der Waals surface area contributed by atoms with Crippen LogP contribution in [-0.4, -0.2) is 23.7 Å². The maximum atomic E-state index is 12.0. The van der Waals surface area contributed by atoms with Crippen molar-refractivity contribution in [3.05, 3.63) is 65.7 Å². The van der Waals surface area contributed by atoms with Gasteiger partial charge < -0.3 is 15.2 Å². The molecule has 0 spiro atoms. The van der Waals surface area contributed by atoms with Gasteiger partial charge in [-0.3, -0.25) is 4.79 Å². The van der Waals surface area contributed by atoms with Gasteiger partial charge >= 0.3 is 0 Å². The van der Waals surface area contributed by atoms with E-state index >= 15 is 0 Å². The molecule has 3 rings (SSSR count). The SMILES string of the molecule is O=C(COc1ccccc1)N[C@@H]1c2ccccc2C[C@@H]1O. The zero-order valence-electron chi connectivity index (χ0n) is 11.5. The summed E-state index contributed by atoms with van der Waals surface area (Å²) >= 11 is 0. The summed E-state index contributed by atoms with van der Waals surface area (Å²) in [5.74, 6) is 0.416. The van der Waals surface area contributed by atoms with Crippen LogP contribution in [0.3, 0.4) is 0 Å². The fraction of sp³-hybridized carbons (Fsp3) is 0.235. The molecule has 1 amide bonds. The molecule has 0 aliphatic heterocycles. The highest BCUT2D eigenvalue weighted by molar-refractivity contribution is 5.78. The molecular formula is C17H17NO3. The number of carbonyl (C=O) groups excluding carboxylic acids is 1. The van der Waals surface area contributed by atoms with Crippen molar-refractivity contribution in [1.29, 1.82) is 0 Å². The molecule has 0 bridgehead atoms. The van der Waals surface area contributed by atoms with Crippen molar-refractivity contribution in [2.45, 2.75) is 18.6 Å². The number of hydrogen-bond donors (Lipinski definition) is 2. The Morgan fingerprint density at radius 1 is 1.14 bits per heavy atom. The van der Waals surface area contributed by atoms with Crippen LogP contribution in [0.5, 0.6) is 5.75 Å². The first kappa shape index (κ1) is 13.6. The zero-order chi connectivity index (χ0) is 14.7. The second-order valence-electron chi connectivity index (χ2n) is 5.12. The smallest absolute Gasteiger partial charge is 0.258 e. The topological polar surface area (TPSA) is 58.6 Å². The number of nitrogens with one attached hydrogen (secondary N) is 1. The van der Waals surface area contributed by atoms with E-state index in [4.69, 9.17) is 4.74 Å². The van der Waals surface area contributed by atoms with E-state index in [-0.39, 0.29) is 18.6 Å². The first-order valence-electron chi connectivity index (χ1n) is 6.97. The first-order chi connectivity index (χ1) is 10.2. The summed E-state index contributed by atoms with van der Waals surface area (Å²) < 4.78 is 5.41. The molecule has 0 unspecified atom stereocenters.